The SMILES string of the molecule is CC(Sc1nnnn1-c1ccc(C(C)C)cc1)C(=O)N1CCNC1=O. The molecule has 0 spiro atoms. The molecule has 3 amide bonds. The normalized spacial score (nSPS) is 15.5. The molecule has 1 aliphatic rings. The standard InChI is InChI=1S/C16H20N6O2S/c1-10(2)12-4-6-13(7-5-12)22-16(18-19-20-22)25-11(3)14(23)21-9-8-17-15(21)24/h4-7,10-11H,8-9H2,1-3H3,(H,17,24). The van der Waals surface area contributed by atoms with Crippen LogP contribution < -0.4 is 5.32 Å². The lowest BCUT2D eigenvalue weighted by atomic mass is 10.0. The maximum Gasteiger partial charge on any atom is 0.324 e. The number of nitrogens with one attached hydrogen (secondary N) is 1. The van der Waals surface area contributed by atoms with Gasteiger partial charge in [-0.25, -0.2) is 4.79 Å². The van der Waals surface area contributed by atoms with Gasteiger partial charge in [0.25, 0.3) is 0 Å². The Morgan fingerprint density at radius 1 is 1.24 bits per heavy atom. The van der Waals surface area contributed by atoms with Crippen LogP contribution in [0.5, 0.6) is 0 Å². The van der Waals surface area contributed by atoms with Crippen LogP contribution in [0.25, 0.3) is 5.69 Å². The monoisotopic (exact) mass is 360 g/mol. The summed E-state index contributed by atoms with van der Waals surface area (Å²) in [6.07, 6.45) is 0. The van der Waals surface area contributed by atoms with Gasteiger partial charge in [0.1, 0.15) is 0 Å². The number of imide groups is 1. The molecule has 0 radical (unpaired) electrons. The van der Waals surface area contributed by atoms with Gasteiger partial charge >= 0.3 is 6.03 Å². The molecule has 0 bridgehead atoms. The first-order chi connectivity index (χ1) is 12.0. The molecule has 9 heteroatoms. The number of hydrogen-bond acceptors (Lipinski definition) is 6. The molecule has 2 heterocycles. The molecule has 0 saturated carbocycles. The third-order valence-corrected chi connectivity index (χ3v) is 5.02. The number of benzene rings is 1. The van der Waals surface area contributed by atoms with Gasteiger partial charge in [0.05, 0.1) is 10.9 Å². The molecule has 1 fully saturated rings. The second kappa shape index (κ2) is 7.22. The van der Waals surface area contributed by atoms with Gasteiger partial charge in [0.15, 0.2) is 0 Å². The maximum absolute atomic E-state index is 12.4. The molecule has 8 nitrogen and oxygen atoms in total. The fourth-order valence-corrected chi connectivity index (χ4v) is 3.39. The van der Waals surface area contributed by atoms with E-state index in [1.165, 1.54) is 22.2 Å². The van der Waals surface area contributed by atoms with Gasteiger partial charge < -0.3 is 5.32 Å². The number of hydrogen-bond donors (Lipinski definition) is 1. The number of tetrazole rings is 1. The van der Waals surface area contributed by atoms with Crippen molar-refractivity contribution in [2.45, 2.75) is 37.1 Å². The summed E-state index contributed by atoms with van der Waals surface area (Å²) in [6, 6.07) is 7.64. The zero-order chi connectivity index (χ0) is 18.0. The van der Waals surface area contributed by atoms with E-state index in [0.29, 0.717) is 24.2 Å². The molecule has 0 aliphatic carbocycles. The summed E-state index contributed by atoms with van der Waals surface area (Å²) in [4.78, 5) is 25.3. The second-order valence-corrected chi connectivity index (χ2v) is 7.41. The van der Waals surface area contributed by atoms with E-state index in [9.17, 15) is 9.59 Å². The van der Waals surface area contributed by atoms with E-state index in [0.717, 1.165) is 5.69 Å². The molecule has 25 heavy (non-hydrogen) atoms. The van der Waals surface area contributed by atoms with E-state index < -0.39 is 5.25 Å². The van der Waals surface area contributed by atoms with Gasteiger partial charge in [-0.15, -0.1) is 5.10 Å². The van der Waals surface area contributed by atoms with E-state index in [1.54, 1.807) is 11.6 Å². The molecule has 1 aromatic carbocycles. The largest absolute Gasteiger partial charge is 0.336 e. The lowest BCUT2D eigenvalue weighted by Crippen LogP contribution is -2.39. The highest BCUT2D eigenvalue weighted by Gasteiger charge is 2.31. The number of carbonyl (C=O) groups excluding carboxylic acids is 2. The molecular formula is C16H20N6O2S. The Morgan fingerprint density at radius 3 is 2.56 bits per heavy atom. The fourth-order valence-electron chi connectivity index (χ4n) is 2.52. The topological polar surface area (TPSA) is 93.0 Å². The lowest BCUT2D eigenvalue weighted by Gasteiger charge is -2.17. The van der Waals surface area contributed by atoms with Crippen LogP contribution in [0, 0.1) is 0 Å². The summed E-state index contributed by atoms with van der Waals surface area (Å²) in [5.41, 5.74) is 2.06. The van der Waals surface area contributed by atoms with Crippen LogP contribution in [0.2, 0.25) is 0 Å². The van der Waals surface area contributed by atoms with Crippen molar-refractivity contribution in [3.8, 4) is 5.69 Å². The van der Waals surface area contributed by atoms with Crippen LogP contribution in [0.3, 0.4) is 0 Å². The van der Waals surface area contributed by atoms with E-state index in [-0.39, 0.29) is 11.9 Å². The first-order valence-electron chi connectivity index (χ1n) is 8.12. The summed E-state index contributed by atoms with van der Waals surface area (Å²) in [6.45, 7) is 6.90. The van der Waals surface area contributed by atoms with E-state index in [1.807, 2.05) is 24.3 Å². The number of amides is 3. The van der Waals surface area contributed by atoms with Crippen LogP contribution in [0.1, 0.15) is 32.3 Å². The molecule has 1 unspecified atom stereocenters. The minimum absolute atomic E-state index is 0.246. The number of aromatic nitrogens is 4. The van der Waals surface area contributed by atoms with Crippen LogP contribution in [-0.4, -0.2) is 55.4 Å². The predicted octanol–water partition coefficient (Wildman–Crippen LogP) is 1.82. The molecular weight excluding hydrogens is 340 g/mol. The molecule has 132 valence electrons. The van der Waals surface area contributed by atoms with E-state index >= 15 is 0 Å². The number of nitrogens with zero attached hydrogens (tertiary/aromatic N) is 5. The summed E-state index contributed by atoms with van der Waals surface area (Å²) < 4.78 is 1.60. The van der Waals surface area contributed by atoms with Crippen molar-refractivity contribution < 1.29 is 9.59 Å². The summed E-state index contributed by atoms with van der Waals surface area (Å²) >= 11 is 1.23. The van der Waals surface area contributed by atoms with Crippen LogP contribution in [0.15, 0.2) is 29.4 Å². The summed E-state index contributed by atoms with van der Waals surface area (Å²) in [5.74, 6) is 0.200. The van der Waals surface area contributed by atoms with Crippen molar-refractivity contribution >= 4 is 23.7 Å². The van der Waals surface area contributed by atoms with Gasteiger partial charge in [-0.1, -0.05) is 37.7 Å². The second-order valence-electron chi connectivity index (χ2n) is 6.10. The Balaban J connectivity index is 1.75. The Morgan fingerprint density at radius 2 is 1.96 bits per heavy atom. The smallest absolute Gasteiger partial charge is 0.324 e. The highest BCUT2D eigenvalue weighted by molar-refractivity contribution is 8.00. The summed E-state index contributed by atoms with van der Waals surface area (Å²) in [5, 5.41) is 14.4. The quantitative estimate of drug-likeness (QED) is 0.818. The molecule has 2 aromatic rings. The Hall–Kier alpha value is -2.42. The molecule has 1 aromatic heterocycles. The minimum Gasteiger partial charge on any atom is -0.336 e. The predicted molar refractivity (Wildman–Crippen MR) is 93.7 cm³/mol. The average molecular weight is 360 g/mol. The first-order valence-corrected chi connectivity index (χ1v) is 9.00. The van der Waals surface area contributed by atoms with E-state index in [4.69, 9.17) is 0 Å². The zero-order valence-corrected chi connectivity index (χ0v) is 15.2. The van der Waals surface area contributed by atoms with Gasteiger partial charge in [-0.2, -0.15) is 4.68 Å². The Kier molecular flexibility index (Phi) is 5.03. The van der Waals surface area contributed by atoms with Crippen molar-refractivity contribution in [1.29, 1.82) is 0 Å². The maximum atomic E-state index is 12.4. The molecule has 1 saturated heterocycles. The third kappa shape index (κ3) is 3.65. The summed E-state index contributed by atoms with van der Waals surface area (Å²) in [7, 11) is 0. The van der Waals surface area contributed by atoms with Crippen molar-refractivity contribution in [3.05, 3.63) is 29.8 Å². The number of rotatable bonds is 5. The fraction of sp³-hybridized carbons (Fsp3) is 0.438. The molecule has 1 aliphatic heterocycles. The average Bonchev–Trinajstić information content (AvgIpc) is 3.23. The van der Waals surface area contributed by atoms with Crippen LogP contribution in [0.4, 0.5) is 4.79 Å². The molecule has 1 atom stereocenters. The zero-order valence-electron chi connectivity index (χ0n) is 14.3. The first kappa shape index (κ1) is 17.4. The van der Waals surface area contributed by atoms with E-state index in [2.05, 4.69) is 34.7 Å². The van der Waals surface area contributed by atoms with Gasteiger partial charge in [-0.3, -0.25) is 9.69 Å². The minimum atomic E-state index is -0.469. The Labute approximate surface area is 150 Å². The van der Waals surface area contributed by atoms with Crippen molar-refractivity contribution in [3.63, 3.8) is 0 Å². The molecule has 3 rings (SSSR count). The van der Waals surface area contributed by atoms with Gasteiger partial charge in [0.2, 0.25) is 11.1 Å². The number of thioether (sulfide) groups is 1. The van der Waals surface area contributed by atoms with Crippen molar-refractivity contribution in [2.75, 3.05) is 13.1 Å². The molecule has 1 N–H and O–H groups in total. The third-order valence-electron chi connectivity index (χ3n) is 4.00. The number of urea groups is 1. The van der Waals surface area contributed by atoms with Crippen molar-refractivity contribution in [2.24, 2.45) is 0 Å². The van der Waals surface area contributed by atoms with Crippen LogP contribution in [-0.2, 0) is 4.79 Å². The van der Waals surface area contributed by atoms with Crippen molar-refractivity contribution in [1.82, 2.24) is 30.4 Å². The van der Waals surface area contributed by atoms with Crippen LogP contribution >= 0.6 is 11.8 Å². The number of carbonyl (C=O) groups is 2. The Bertz CT molecular complexity index is 773. The lowest BCUT2D eigenvalue weighted by molar-refractivity contribution is -0.126. The van der Waals surface area contributed by atoms with Gasteiger partial charge in [-0.05, 0) is 41.0 Å². The van der Waals surface area contributed by atoms with Gasteiger partial charge in [0, 0.05) is 13.1 Å². The highest BCUT2D eigenvalue weighted by Crippen LogP contribution is 2.25. The highest BCUT2D eigenvalue weighted by atomic mass is 32.2.